The van der Waals surface area contributed by atoms with Crippen LogP contribution < -0.4 is 5.32 Å². The average Bonchev–Trinajstić information content (AvgIpc) is 3.06. The Morgan fingerprint density at radius 2 is 1.68 bits per heavy atom. The molecule has 0 saturated heterocycles. The van der Waals surface area contributed by atoms with E-state index in [4.69, 9.17) is 27.6 Å². The standard InChI is InChI=1S/C22H16Cl2N2O2/c1-12-7-13(2)9-15(8-12)21(27)25-16-4-6-20-19(11-16)26-22(28-20)14-3-5-17(23)18(24)10-14/h3-11H,1-2H3,(H,25,27). The molecule has 1 aromatic heterocycles. The number of hydrogen-bond donors (Lipinski definition) is 1. The van der Waals surface area contributed by atoms with Gasteiger partial charge < -0.3 is 9.73 Å². The second-order valence-corrected chi connectivity index (χ2v) is 7.48. The number of benzene rings is 3. The van der Waals surface area contributed by atoms with Crippen molar-refractivity contribution in [2.24, 2.45) is 0 Å². The van der Waals surface area contributed by atoms with Crippen LogP contribution in [0.2, 0.25) is 10.0 Å². The van der Waals surface area contributed by atoms with E-state index in [1.54, 1.807) is 36.4 Å². The molecule has 0 radical (unpaired) electrons. The molecule has 0 spiro atoms. The molecule has 1 amide bonds. The molecule has 0 unspecified atom stereocenters. The lowest BCUT2D eigenvalue weighted by molar-refractivity contribution is 0.102. The summed E-state index contributed by atoms with van der Waals surface area (Å²) in [5, 5.41) is 3.81. The summed E-state index contributed by atoms with van der Waals surface area (Å²) in [4.78, 5) is 17.1. The van der Waals surface area contributed by atoms with Gasteiger partial charge in [0.05, 0.1) is 10.0 Å². The van der Waals surface area contributed by atoms with Gasteiger partial charge in [-0.3, -0.25) is 4.79 Å². The van der Waals surface area contributed by atoms with Gasteiger partial charge in [-0.1, -0.05) is 40.4 Å². The van der Waals surface area contributed by atoms with Crippen molar-refractivity contribution in [2.45, 2.75) is 13.8 Å². The number of aryl methyl sites for hydroxylation is 2. The normalized spacial score (nSPS) is 11.0. The van der Waals surface area contributed by atoms with E-state index in [1.807, 2.05) is 32.0 Å². The Kier molecular flexibility index (Phi) is 4.84. The maximum Gasteiger partial charge on any atom is 0.255 e. The summed E-state index contributed by atoms with van der Waals surface area (Å²) in [6.45, 7) is 3.94. The van der Waals surface area contributed by atoms with Crippen LogP contribution in [0.15, 0.2) is 59.0 Å². The lowest BCUT2D eigenvalue weighted by Gasteiger charge is -2.07. The predicted molar refractivity (Wildman–Crippen MR) is 113 cm³/mol. The van der Waals surface area contributed by atoms with Crippen molar-refractivity contribution in [3.8, 4) is 11.5 Å². The number of amides is 1. The van der Waals surface area contributed by atoms with Crippen molar-refractivity contribution in [3.63, 3.8) is 0 Å². The molecule has 1 N–H and O–H groups in total. The van der Waals surface area contributed by atoms with Gasteiger partial charge in [0.15, 0.2) is 5.58 Å². The molecule has 1 heterocycles. The first-order valence-corrected chi connectivity index (χ1v) is 9.40. The van der Waals surface area contributed by atoms with Crippen molar-refractivity contribution >= 4 is 45.9 Å². The molecule has 6 heteroatoms. The molecule has 0 fully saturated rings. The molecule has 0 atom stereocenters. The summed E-state index contributed by atoms with van der Waals surface area (Å²) in [7, 11) is 0. The number of carbonyl (C=O) groups is 1. The number of carbonyl (C=O) groups excluding carboxylic acids is 1. The number of nitrogens with zero attached hydrogens (tertiary/aromatic N) is 1. The molecule has 3 aromatic carbocycles. The molecule has 0 aliphatic rings. The van der Waals surface area contributed by atoms with Crippen molar-refractivity contribution in [2.75, 3.05) is 5.32 Å². The fraction of sp³-hybridized carbons (Fsp3) is 0.0909. The van der Waals surface area contributed by atoms with Gasteiger partial charge in [0, 0.05) is 16.8 Å². The minimum absolute atomic E-state index is 0.167. The third kappa shape index (κ3) is 3.75. The molecule has 0 aliphatic heterocycles. The molecule has 0 bridgehead atoms. The summed E-state index contributed by atoms with van der Waals surface area (Å²) < 4.78 is 5.80. The fourth-order valence-corrected chi connectivity index (χ4v) is 3.36. The summed E-state index contributed by atoms with van der Waals surface area (Å²) >= 11 is 12.0. The van der Waals surface area contributed by atoms with E-state index in [2.05, 4.69) is 10.3 Å². The van der Waals surface area contributed by atoms with Crippen LogP contribution in [0.5, 0.6) is 0 Å². The zero-order chi connectivity index (χ0) is 19.8. The van der Waals surface area contributed by atoms with E-state index in [9.17, 15) is 4.79 Å². The minimum Gasteiger partial charge on any atom is -0.436 e. The predicted octanol–water partition coefficient (Wildman–Crippen LogP) is 6.67. The number of halogens is 2. The Bertz CT molecular complexity index is 1190. The van der Waals surface area contributed by atoms with Gasteiger partial charge in [-0.15, -0.1) is 0 Å². The highest BCUT2D eigenvalue weighted by molar-refractivity contribution is 6.42. The number of oxazole rings is 1. The Morgan fingerprint density at radius 1 is 0.929 bits per heavy atom. The topological polar surface area (TPSA) is 55.1 Å². The van der Waals surface area contributed by atoms with Crippen LogP contribution in [-0.4, -0.2) is 10.9 Å². The van der Waals surface area contributed by atoms with Crippen molar-refractivity contribution in [1.82, 2.24) is 4.98 Å². The van der Waals surface area contributed by atoms with Crippen LogP contribution in [0.25, 0.3) is 22.6 Å². The van der Waals surface area contributed by atoms with Gasteiger partial charge in [0.1, 0.15) is 5.52 Å². The smallest absolute Gasteiger partial charge is 0.255 e. The molecule has 4 nitrogen and oxygen atoms in total. The third-order valence-corrected chi connectivity index (χ3v) is 5.03. The van der Waals surface area contributed by atoms with E-state index >= 15 is 0 Å². The number of fused-ring (bicyclic) bond motifs is 1. The van der Waals surface area contributed by atoms with Crippen LogP contribution in [0.1, 0.15) is 21.5 Å². The first-order valence-electron chi connectivity index (χ1n) is 8.65. The number of hydrogen-bond acceptors (Lipinski definition) is 3. The number of nitrogens with one attached hydrogen (secondary N) is 1. The lowest BCUT2D eigenvalue weighted by atomic mass is 10.1. The fourth-order valence-electron chi connectivity index (χ4n) is 3.07. The molecule has 4 aromatic rings. The van der Waals surface area contributed by atoms with Crippen LogP contribution >= 0.6 is 23.2 Å². The Labute approximate surface area is 172 Å². The summed E-state index contributed by atoms with van der Waals surface area (Å²) in [5.41, 5.74) is 5.34. The zero-order valence-electron chi connectivity index (χ0n) is 15.2. The lowest BCUT2D eigenvalue weighted by Crippen LogP contribution is -2.12. The van der Waals surface area contributed by atoms with Gasteiger partial charge >= 0.3 is 0 Å². The van der Waals surface area contributed by atoms with Crippen LogP contribution in [-0.2, 0) is 0 Å². The highest BCUT2D eigenvalue weighted by Crippen LogP contribution is 2.31. The number of aromatic nitrogens is 1. The molecule has 0 saturated carbocycles. The SMILES string of the molecule is Cc1cc(C)cc(C(=O)Nc2ccc3oc(-c4ccc(Cl)c(Cl)c4)nc3c2)c1. The Balaban J connectivity index is 1.62. The van der Waals surface area contributed by atoms with Crippen molar-refractivity contribution in [3.05, 3.63) is 81.3 Å². The minimum atomic E-state index is -0.167. The summed E-state index contributed by atoms with van der Waals surface area (Å²) in [6.07, 6.45) is 0. The van der Waals surface area contributed by atoms with Crippen LogP contribution in [0, 0.1) is 13.8 Å². The van der Waals surface area contributed by atoms with Crippen molar-refractivity contribution < 1.29 is 9.21 Å². The quantitative estimate of drug-likeness (QED) is 0.410. The molecular formula is C22H16Cl2N2O2. The first-order chi connectivity index (χ1) is 13.4. The van der Waals surface area contributed by atoms with Gasteiger partial charge in [-0.05, 0) is 62.4 Å². The second kappa shape index (κ2) is 7.30. The Hall–Kier alpha value is -2.82. The van der Waals surface area contributed by atoms with E-state index in [-0.39, 0.29) is 5.91 Å². The zero-order valence-corrected chi connectivity index (χ0v) is 16.7. The van der Waals surface area contributed by atoms with E-state index in [1.165, 1.54) is 0 Å². The molecule has 140 valence electrons. The third-order valence-electron chi connectivity index (χ3n) is 4.30. The molecule has 4 rings (SSSR count). The van der Waals surface area contributed by atoms with Crippen LogP contribution in [0.3, 0.4) is 0 Å². The second-order valence-electron chi connectivity index (χ2n) is 6.66. The summed E-state index contributed by atoms with van der Waals surface area (Å²) in [5.74, 6) is 0.269. The summed E-state index contributed by atoms with van der Waals surface area (Å²) in [6, 6.07) is 16.3. The van der Waals surface area contributed by atoms with E-state index in [0.29, 0.717) is 38.3 Å². The molecule has 28 heavy (non-hydrogen) atoms. The average molecular weight is 411 g/mol. The van der Waals surface area contributed by atoms with Gasteiger partial charge in [0.25, 0.3) is 5.91 Å². The Morgan fingerprint density at radius 3 is 2.39 bits per heavy atom. The number of anilines is 1. The highest BCUT2D eigenvalue weighted by atomic mass is 35.5. The van der Waals surface area contributed by atoms with E-state index in [0.717, 1.165) is 16.7 Å². The maximum absolute atomic E-state index is 12.6. The first kappa shape index (κ1) is 18.5. The maximum atomic E-state index is 12.6. The van der Waals surface area contributed by atoms with Gasteiger partial charge in [0.2, 0.25) is 5.89 Å². The molecular weight excluding hydrogens is 395 g/mol. The highest BCUT2D eigenvalue weighted by Gasteiger charge is 2.12. The van der Waals surface area contributed by atoms with Crippen molar-refractivity contribution in [1.29, 1.82) is 0 Å². The largest absolute Gasteiger partial charge is 0.436 e. The van der Waals surface area contributed by atoms with Gasteiger partial charge in [-0.2, -0.15) is 0 Å². The van der Waals surface area contributed by atoms with E-state index < -0.39 is 0 Å². The van der Waals surface area contributed by atoms with Crippen LogP contribution in [0.4, 0.5) is 5.69 Å². The monoisotopic (exact) mass is 410 g/mol. The molecule has 0 aliphatic carbocycles. The van der Waals surface area contributed by atoms with Gasteiger partial charge in [-0.25, -0.2) is 4.98 Å². The number of rotatable bonds is 3.